The molecule has 4 N–H and O–H groups in total. The highest BCUT2D eigenvalue weighted by Crippen LogP contribution is 2.25. The van der Waals surface area contributed by atoms with Gasteiger partial charge in [-0.05, 0) is 25.0 Å². The number of hydrogen-bond acceptors (Lipinski definition) is 8. The molecule has 2 atom stereocenters. The smallest absolute Gasteiger partial charge is 0.281 e. The van der Waals surface area contributed by atoms with Gasteiger partial charge >= 0.3 is 0 Å². The van der Waals surface area contributed by atoms with Crippen molar-refractivity contribution in [1.29, 1.82) is 0 Å². The molecule has 0 spiro atoms. The predicted molar refractivity (Wildman–Crippen MR) is 148 cm³/mol. The third kappa shape index (κ3) is 8.14. The van der Waals surface area contributed by atoms with E-state index >= 15 is 0 Å². The number of rotatable bonds is 8. The summed E-state index contributed by atoms with van der Waals surface area (Å²) >= 11 is 0. The number of nitrogens with two attached hydrogens (primary N) is 2. The van der Waals surface area contributed by atoms with Crippen LogP contribution in [0.3, 0.4) is 0 Å². The average molecular weight is 607 g/mol. The zero-order chi connectivity index (χ0) is 29.8. The summed E-state index contributed by atoms with van der Waals surface area (Å²) in [6.07, 6.45) is 0.518. The third-order valence-corrected chi connectivity index (χ3v) is 10.00. The van der Waals surface area contributed by atoms with Crippen LogP contribution in [0.5, 0.6) is 11.5 Å². The molecule has 0 saturated carbocycles. The largest absolute Gasteiger partial charge is 0.489 e. The van der Waals surface area contributed by atoms with Crippen molar-refractivity contribution in [2.24, 2.45) is 0 Å². The highest BCUT2D eigenvalue weighted by molar-refractivity contribution is 7.87. The lowest BCUT2D eigenvalue weighted by Crippen LogP contribution is -2.39. The molecule has 0 unspecified atom stereocenters. The molecule has 16 heteroatoms. The van der Waals surface area contributed by atoms with E-state index in [0.29, 0.717) is 37.4 Å². The zero-order valence-electron chi connectivity index (χ0n) is 22.8. The van der Waals surface area contributed by atoms with Crippen LogP contribution in [0.15, 0.2) is 36.4 Å². The molecule has 2 aromatic carbocycles. The third-order valence-electron chi connectivity index (χ3n) is 6.18. The molecule has 0 amide bonds. The van der Waals surface area contributed by atoms with Crippen molar-refractivity contribution in [3.05, 3.63) is 48.0 Å². The van der Waals surface area contributed by atoms with E-state index in [1.165, 1.54) is 73.2 Å². The topological polar surface area (TPSA) is 152 Å². The first kappa shape index (κ1) is 31.8. The summed E-state index contributed by atoms with van der Waals surface area (Å²) in [4.78, 5) is 0. The van der Waals surface area contributed by atoms with Gasteiger partial charge in [0.25, 0.3) is 20.4 Å². The summed E-state index contributed by atoms with van der Waals surface area (Å²) in [5.41, 5.74) is 11.6. The number of benzene rings is 2. The van der Waals surface area contributed by atoms with Crippen LogP contribution in [0.2, 0.25) is 0 Å². The van der Waals surface area contributed by atoms with Crippen LogP contribution >= 0.6 is 0 Å². The van der Waals surface area contributed by atoms with Crippen LogP contribution in [-0.4, -0.2) is 101 Å². The minimum atomic E-state index is -3.43. The SMILES string of the molecule is CN(C)S(=O)(=O)N1CC[C@@H](Oc2cc(N)cc(F)c2)C1.CN(C)S(=O)(=O)N1CC[C@@H](Oc2cc(N)cc(F)c2)C1. The maximum Gasteiger partial charge on any atom is 0.281 e. The predicted octanol–water partition coefficient (Wildman–Crippen LogP) is 1.33. The van der Waals surface area contributed by atoms with E-state index in [-0.39, 0.29) is 36.7 Å². The summed E-state index contributed by atoms with van der Waals surface area (Å²) < 4.78 is 90.4. The molecule has 2 aliphatic rings. The van der Waals surface area contributed by atoms with E-state index in [9.17, 15) is 25.6 Å². The molecule has 0 bridgehead atoms. The Hall–Kier alpha value is -2.76. The average Bonchev–Trinajstić information content (AvgIpc) is 3.48. The van der Waals surface area contributed by atoms with Gasteiger partial charge in [-0.15, -0.1) is 0 Å². The molecule has 2 aliphatic heterocycles. The molecule has 4 rings (SSSR count). The molecule has 2 aromatic rings. The molecule has 12 nitrogen and oxygen atoms in total. The van der Waals surface area contributed by atoms with E-state index in [1.807, 2.05) is 0 Å². The van der Waals surface area contributed by atoms with Gasteiger partial charge in [-0.2, -0.15) is 34.1 Å². The summed E-state index contributed by atoms with van der Waals surface area (Å²) in [6, 6.07) is 7.91. The molecule has 0 radical (unpaired) electrons. The van der Waals surface area contributed by atoms with Gasteiger partial charge in [0.1, 0.15) is 35.3 Å². The summed E-state index contributed by atoms with van der Waals surface area (Å²) in [5.74, 6) is -0.320. The van der Waals surface area contributed by atoms with Crippen molar-refractivity contribution in [3.63, 3.8) is 0 Å². The van der Waals surface area contributed by atoms with Gasteiger partial charge in [0.05, 0.1) is 13.1 Å². The quantitative estimate of drug-likeness (QED) is 0.427. The number of hydrogen-bond donors (Lipinski definition) is 2. The standard InChI is InChI=1S/2C12H18FN3O3S/c2*1-15(2)20(17,18)16-4-3-11(8-16)19-12-6-9(13)5-10(14)7-12/h2*5-7,11H,3-4,8,14H2,1-2H3/t2*11-/m11/s1. The Bertz CT molecular complexity index is 1250. The first-order valence-electron chi connectivity index (χ1n) is 12.4. The number of anilines is 2. The van der Waals surface area contributed by atoms with Gasteiger partial charge in [-0.3, -0.25) is 0 Å². The van der Waals surface area contributed by atoms with E-state index in [2.05, 4.69) is 0 Å². The lowest BCUT2D eigenvalue weighted by atomic mass is 10.3. The molecular formula is C24H36F2N6O6S2. The lowest BCUT2D eigenvalue weighted by Gasteiger charge is -2.21. The van der Waals surface area contributed by atoms with Crippen molar-refractivity contribution in [2.45, 2.75) is 25.0 Å². The Morgan fingerprint density at radius 1 is 0.700 bits per heavy atom. The Kier molecular flexibility index (Phi) is 10.2. The molecule has 2 fully saturated rings. The zero-order valence-corrected chi connectivity index (χ0v) is 24.5. The second-order valence-corrected chi connectivity index (χ2v) is 14.1. The number of halogens is 2. The monoisotopic (exact) mass is 606 g/mol. The van der Waals surface area contributed by atoms with Gasteiger partial charge in [-0.25, -0.2) is 8.78 Å². The van der Waals surface area contributed by atoms with Gasteiger partial charge in [0.2, 0.25) is 0 Å². The Labute approximate surface area is 234 Å². The van der Waals surface area contributed by atoms with Crippen LogP contribution in [0, 0.1) is 11.6 Å². The first-order chi connectivity index (χ1) is 18.6. The van der Waals surface area contributed by atoms with Crippen molar-refractivity contribution < 1.29 is 35.1 Å². The van der Waals surface area contributed by atoms with E-state index < -0.39 is 32.1 Å². The van der Waals surface area contributed by atoms with E-state index in [0.717, 1.165) is 8.61 Å². The molecular weight excluding hydrogens is 570 g/mol. The maximum absolute atomic E-state index is 13.2. The van der Waals surface area contributed by atoms with Crippen molar-refractivity contribution in [1.82, 2.24) is 17.2 Å². The normalized spacial score (nSPS) is 20.5. The van der Waals surface area contributed by atoms with Crippen LogP contribution in [0.1, 0.15) is 12.8 Å². The molecule has 0 aromatic heterocycles. The minimum Gasteiger partial charge on any atom is -0.489 e. The second-order valence-electron chi connectivity index (χ2n) is 9.79. The van der Waals surface area contributed by atoms with Crippen LogP contribution in [-0.2, 0) is 20.4 Å². The van der Waals surface area contributed by atoms with Gasteiger partial charge in [0.15, 0.2) is 0 Å². The Morgan fingerprint density at radius 2 is 1.05 bits per heavy atom. The lowest BCUT2D eigenvalue weighted by molar-refractivity contribution is 0.213. The van der Waals surface area contributed by atoms with Crippen molar-refractivity contribution in [2.75, 3.05) is 65.8 Å². The maximum atomic E-state index is 13.2. The fourth-order valence-corrected chi connectivity index (χ4v) is 6.46. The number of nitrogen functional groups attached to an aromatic ring is 2. The molecule has 40 heavy (non-hydrogen) atoms. The van der Waals surface area contributed by atoms with Crippen LogP contribution in [0.4, 0.5) is 20.2 Å². The van der Waals surface area contributed by atoms with Gasteiger partial charge in [0, 0.05) is 76.9 Å². The highest BCUT2D eigenvalue weighted by atomic mass is 32.2. The van der Waals surface area contributed by atoms with E-state index in [1.54, 1.807) is 0 Å². The molecule has 2 saturated heterocycles. The summed E-state index contributed by atoms with van der Waals surface area (Å²) in [6.45, 7) is 1.26. The number of nitrogens with zero attached hydrogens (tertiary/aromatic N) is 4. The highest BCUT2D eigenvalue weighted by Gasteiger charge is 2.35. The summed E-state index contributed by atoms with van der Waals surface area (Å²) in [7, 11) is -0.929. The Morgan fingerprint density at radius 3 is 1.35 bits per heavy atom. The van der Waals surface area contributed by atoms with Crippen LogP contribution in [0.25, 0.3) is 0 Å². The fraction of sp³-hybridized carbons (Fsp3) is 0.500. The fourth-order valence-electron chi connectivity index (χ4n) is 4.16. The van der Waals surface area contributed by atoms with Crippen molar-refractivity contribution in [3.8, 4) is 11.5 Å². The molecule has 2 heterocycles. The van der Waals surface area contributed by atoms with E-state index in [4.69, 9.17) is 20.9 Å². The van der Waals surface area contributed by atoms with Gasteiger partial charge in [-0.1, -0.05) is 0 Å². The second kappa shape index (κ2) is 12.8. The molecule has 0 aliphatic carbocycles. The molecule has 224 valence electrons. The van der Waals surface area contributed by atoms with Crippen molar-refractivity contribution >= 4 is 31.8 Å². The minimum absolute atomic E-state index is 0.247. The van der Waals surface area contributed by atoms with Crippen LogP contribution < -0.4 is 20.9 Å². The summed E-state index contributed by atoms with van der Waals surface area (Å²) in [5, 5.41) is 0. The van der Waals surface area contributed by atoms with Gasteiger partial charge < -0.3 is 20.9 Å². The number of ether oxygens (including phenoxy) is 2. The Balaban J connectivity index is 0.000000220. The first-order valence-corrected chi connectivity index (χ1v) is 15.2.